The van der Waals surface area contributed by atoms with Gasteiger partial charge in [0.05, 0.1) is 35.0 Å². The van der Waals surface area contributed by atoms with Crippen molar-refractivity contribution in [2.45, 2.75) is 19.9 Å². The predicted molar refractivity (Wildman–Crippen MR) is 128 cm³/mol. The zero-order chi connectivity index (χ0) is 24.0. The van der Waals surface area contributed by atoms with Crippen LogP contribution in [0.1, 0.15) is 28.4 Å². The lowest BCUT2D eigenvalue weighted by Gasteiger charge is -2.22. The summed E-state index contributed by atoms with van der Waals surface area (Å²) in [6, 6.07) is 15.2. The van der Waals surface area contributed by atoms with Gasteiger partial charge < -0.3 is 14.8 Å². The summed E-state index contributed by atoms with van der Waals surface area (Å²) in [5.41, 5.74) is 3.72. The molecule has 0 saturated carbocycles. The van der Waals surface area contributed by atoms with Crippen LogP contribution in [0.15, 0.2) is 66.4 Å². The lowest BCUT2D eigenvalue weighted by molar-refractivity contribution is -0.132. The number of nitrogens with zero attached hydrogens (tertiary/aromatic N) is 3. The molecular formula is C26H22N4O4. The van der Waals surface area contributed by atoms with Crippen molar-refractivity contribution in [1.82, 2.24) is 15.0 Å². The molecule has 1 amide bonds. The zero-order valence-electron chi connectivity index (χ0n) is 18.9. The van der Waals surface area contributed by atoms with E-state index in [4.69, 9.17) is 4.74 Å². The minimum Gasteiger partial charge on any atom is -0.507 e. The van der Waals surface area contributed by atoms with Crippen LogP contribution in [-0.4, -0.2) is 38.9 Å². The monoisotopic (exact) mass is 454 g/mol. The number of anilines is 1. The molecule has 0 aliphatic carbocycles. The average Bonchev–Trinajstić information content (AvgIpc) is 3.37. The van der Waals surface area contributed by atoms with E-state index in [1.807, 2.05) is 44.2 Å². The smallest absolute Gasteiger partial charge is 0.302 e. The van der Waals surface area contributed by atoms with Gasteiger partial charge >= 0.3 is 5.91 Å². The zero-order valence-corrected chi connectivity index (χ0v) is 18.9. The molecule has 1 unspecified atom stereocenters. The summed E-state index contributed by atoms with van der Waals surface area (Å²) in [5.74, 6) is -1.33. The van der Waals surface area contributed by atoms with Gasteiger partial charge in [0.15, 0.2) is 0 Å². The van der Waals surface area contributed by atoms with Crippen molar-refractivity contribution >= 4 is 34.4 Å². The molecule has 0 radical (unpaired) electrons. The number of ketones is 1. The normalized spacial score (nSPS) is 17.5. The van der Waals surface area contributed by atoms with Crippen molar-refractivity contribution in [3.8, 4) is 5.75 Å². The number of aliphatic hydroxyl groups is 1. The van der Waals surface area contributed by atoms with Crippen LogP contribution in [0.5, 0.6) is 5.75 Å². The van der Waals surface area contributed by atoms with Crippen LogP contribution in [0.4, 0.5) is 5.95 Å². The second-order valence-electron chi connectivity index (χ2n) is 8.16. The first-order valence-electron chi connectivity index (χ1n) is 10.7. The number of amides is 1. The Morgan fingerprint density at radius 2 is 1.85 bits per heavy atom. The van der Waals surface area contributed by atoms with E-state index in [1.165, 1.54) is 12.0 Å². The van der Waals surface area contributed by atoms with Crippen molar-refractivity contribution in [2.24, 2.45) is 0 Å². The number of para-hydroxylation sites is 2. The Morgan fingerprint density at radius 3 is 2.56 bits per heavy atom. The van der Waals surface area contributed by atoms with Gasteiger partial charge in [0.1, 0.15) is 17.6 Å². The number of fused-ring (bicyclic) bond motifs is 1. The Morgan fingerprint density at radius 1 is 1.09 bits per heavy atom. The number of ether oxygens (including phenoxy) is 1. The van der Waals surface area contributed by atoms with Gasteiger partial charge in [-0.1, -0.05) is 24.3 Å². The molecule has 1 aliphatic rings. The molecule has 8 nitrogen and oxygen atoms in total. The van der Waals surface area contributed by atoms with Crippen LogP contribution >= 0.6 is 0 Å². The van der Waals surface area contributed by atoms with Gasteiger partial charge in [0, 0.05) is 6.20 Å². The number of methoxy groups -OCH3 is 1. The largest absolute Gasteiger partial charge is 0.507 e. The molecule has 1 fully saturated rings. The second-order valence-corrected chi connectivity index (χ2v) is 8.16. The molecule has 0 bridgehead atoms. The number of H-pyrrole nitrogens is 1. The number of aromatic amines is 1. The van der Waals surface area contributed by atoms with Crippen molar-refractivity contribution < 1.29 is 19.4 Å². The van der Waals surface area contributed by atoms with E-state index in [1.54, 1.807) is 30.5 Å². The van der Waals surface area contributed by atoms with Crippen LogP contribution in [-0.2, 0) is 9.59 Å². The first-order chi connectivity index (χ1) is 16.4. The van der Waals surface area contributed by atoms with Gasteiger partial charge in [0.25, 0.3) is 5.78 Å². The number of aromatic nitrogens is 3. The molecule has 170 valence electrons. The Labute approximate surface area is 195 Å². The second kappa shape index (κ2) is 8.15. The number of benzene rings is 2. The van der Waals surface area contributed by atoms with Crippen molar-refractivity contribution in [3.05, 3.63) is 88.8 Å². The molecule has 5 rings (SSSR count). The van der Waals surface area contributed by atoms with Crippen LogP contribution in [0.2, 0.25) is 0 Å². The van der Waals surface area contributed by atoms with E-state index in [0.29, 0.717) is 22.5 Å². The molecule has 0 spiro atoms. The number of aryl methyl sites for hydroxylation is 2. The van der Waals surface area contributed by atoms with Gasteiger partial charge in [-0.3, -0.25) is 19.5 Å². The minimum absolute atomic E-state index is 0.0764. The van der Waals surface area contributed by atoms with E-state index in [2.05, 4.69) is 15.0 Å². The van der Waals surface area contributed by atoms with Crippen LogP contribution in [0, 0.1) is 13.8 Å². The molecule has 8 heteroatoms. The van der Waals surface area contributed by atoms with E-state index in [9.17, 15) is 14.7 Å². The third kappa shape index (κ3) is 3.31. The lowest BCUT2D eigenvalue weighted by atomic mass is 9.96. The fourth-order valence-electron chi connectivity index (χ4n) is 4.47. The van der Waals surface area contributed by atoms with E-state index < -0.39 is 17.7 Å². The van der Waals surface area contributed by atoms with Gasteiger partial charge in [-0.15, -0.1) is 0 Å². The fraction of sp³-hybridized carbons (Fsp3) is 0.154. The average molecular weight is 454 g/mol. The minimum atomic E-state index is -0.979. The third-order valence-corrected chi connectivity index (χ3v) is 5.90. The molecule has 34 heavy (non-hydrogen) atoms. The molecule has 1 aliphatic heterocycles. The fourth-order valence-corrected chi connectivity index (χ4v) is 4.47. The summed E-state index contributed by atoms with van der Waals surface area (Å²) in [4.78, 5) is 40.0. The number of Topliss-reactive ketones (excluding diaryl/α,β-unsaturated/α-hetero) is 1. The quantitative estimate of drug-likeness (QED) is 0.272. The van der Waals surface area contributed by atoms with Gasteiger partial charge in [-0.05, 0) is 55.3 Å². The summed E-state index contributed by atoms with van der Waals surface area (Å²) in [6.45, 7) is 3.73. The SMILES string of the molecule is COc1c(C)cc(C)cc1/C(O)=C1\C(=O)C(=O)N(c2nc3ccccc3[nH]2)C1c1ccccn1. The Balaban J connectivity index is 1.77. The highest BCUT2D eigenvalue weighted by atomic mass is 16.5. The number of hydrogen-bond donors (Lipinski definition) is 2. The van der Waals surface area contributed by atoms with E-state index in [0.717, 1.165) is 16.6 Å². The number of carbonyl (C=O) groups is 2. The maximum Gasteiger partial charge on any atom is 0.302 e. The lowest BCUT2D eigenvalue weighted by Crippen LogP contribution is -2.30. The number of hydrogen-bond acceptors (Lipinski definition) is 6. The van der Waals surface area contributed by atoms with E-state index in [-0.39, 0.29) is 17.3 Å². The number of imidazole rings is 1. The number of rotatable bonds is 4. The summed E-state index contributed by atoms with van der Waals surface area (Å²) in [7, 11) is 1.50. The van der Waals surface area contributed by atoms with Gasteiger partial charge in [-0.2, -0.15) is 0 Å². The molecule has 3 heterocycles. The highest BCUT2D eigenvalue weighted by Crippen LogP contribution is 2.42. The highest BCUT2D eigenvalue weighted by Gasteiger charge is 2.49. The molecule has 2 aromatic carbocycles. The predicted octanol–water partition coefficient (Wildman–Crippen LogP) is 4.21. The number of nitrogens with one attached hydrogen (secondary N) is 1. The molecule has 1 saturated heterocycles. The first kappa shape index (κ1) is 21.4. The molecule has 4 aromatic rings. The molecule has 1 atom stereocenters. The molecule has 2 N–H and O–H groups in total. The third-order valence-electron chi connectivity index (χ3n) is 5.90. The topological polar surface area (TPSA) is 108 Å². The van der Waals surface area contributed by atoms with Gasteiger partial charge in [-0.25, -0.2) is 4.98 Å². The first-order valence-corrected chi connectivity index (χ1v) is 10.7. The Hall–Kier alpha value is -4.46. The molecular weight excluding hydrogens is 432 g/mol. The van der Waals surface area contributed by atoms with Crippen LogP contribution in [0.3, 0.4) is 0 Å². The van der Waals surface area contributed by atoms with Crippen molar-refractivity contribution in [3.63, 3.8) is 0 Å². The maximum absolute atomic E-state index is 13.4. The molecule has 2 aromatic heterocycles. The number of pyridine rings is 1. The van der Waals surface area contributed by atoms with Crippen LogP contribution < -0.4 is 9.64 Å². The summed E-state index contributed by atoms with van der Waals surface area (Å²) in [6.07, 6.45) is 1.57. The van der Waals surface area contributed by atoms with Crippen molar-refractivity contribution in [2.75, 3.05) is 12.0 Å². The maximum atomic E-state index is 13.4. The highest BCUT2D eigenvalue weighted by molar-refractivity contribution is 6.51. The summed E-state index contributed by atoms with van der Waals surface area (Å²) >= 11 is 0. The van der Waals surface area contributed by atoms with E-state index >= 15 is 0 Å². The standard InChI is InChI=1S/C26H22N4O4/c1-14-12-15(2)24(34-3)16(13-14)22(31)20-21(19-10-6-7-11-27-19)30(25(33)23(20)32)26-28-17-8-4-5-9-18(17)29-26/h4-13,21,31H,1-3H3,(H,28,29)/b22-20+. The van der Waals surface area contributed by atoms with Crippen LogP contribution in [0.25, 0.3) is 16.8 Å². The Bertz CT molecular complexity index is 1440. The van der Waals surface area contributed by atoms with Gasteiger partial charge in [0.2, 0.25) is 5.95 Å². The summed E-state index contributed by atoms with van der Waals surface area (Å²) < 4.78 is 5.53. The summed E-state index contributed by atoms with van der Waals surface area (Å²) in [5, 5.41) is 11.4. The number of carbonyl (C=O) groups excluding carboxylic acids is 2. The number of aliphatic hydroxyl groups excluding tert-OH is 1. The Kier molecular flexibility index (Phi) is 5.13. The van der Waals surface area contributed by atoms with Crippen molar-refractivity contribution in [1.29, 1.82) is 0 Å².